The van der Waals surface area contributed by atoms with Crippen LogP contribution in [0.25, 0.3) is 0 Å². The van der Waals surface area contributed by atoms with Gasteiger partial charge in [-0.15, -0.1) is 0 Å². The second-order valence-electron chi connectivity index (χ2n) is 5.97. The van der Waals surface area contributed by atoms with Crippen LogP contribution in [0.1, 0.15) is 31.2 Å². The molecular weight excluding hydrogens is 244 g/mol. The van der Waals surface area contributed by atoms with Crippen LogP contribution >= 0.6 is 11.5 Å². The Hall–Kier alpha value is -0.810. The van der Waals surface area contributed by atoms with E-state index in [1.807, 2.05) is 0 Å². The number of nitrogen functional groups attached to an aromatic ring is 1. The standard InChI is InChI=1S/C13H22N4S/c1-8-6-17(7-10(8)16(2)3)13-11(9-4-5-9)12(14)15-18-13/h8-10H,4-7H2,1-3H3,(H2,14,15). The predicted molar refractivity (Wildman–Crippen MR) is 77.4 cm³/mol. The summed E-state index contributed by atoms with van der Waals surface area (Å²) in [5.41, 5.74) is 7.38. The zero-order valence-electron chi connectivity index (χ0n) is 11.4. The number of anilines is 2. The molecule has 0 bridgehead atoms. The SMILES string of the molecule is CC1CN(c2snc(N)c2C2CC2)CC1N(C)C. The van der Waals surface area contributed by atoms with Gasteiger partial charge in [-0.25, -0.2) is 0 Å². The lowest BCUT2D eigenvalue weighted by Gasteiger charge is -2.22. The number of rotatable bonds is 3. The van der Waals surface area contributed by atoms with Crippen LogP contribution < -0.4 is 10.6 Å². The third-order valence-corrected chi connectivity index (χ3v) is 5.18. The first kappa shape index (κ1) is 12.2. The van der Waals surface area contributed by atoms with E-state index in [-0.39, 0.29) is 0 Å². The summed E-state index contributed by atoms with van der Waals surface area (Å²) in [6.07, 6.45) is 2.58. The van der Waals surface area contributed by atoms with Crippen LogP contribution in [0.5, 0.6) is 0 Å². The molecular formula is C13H22N4S. The molecule has 0 amide bonds. The topological polar surface area (TPSA) is 45.4 Å². The molecule has 2 heterocycles. The molecule has 1 aromatic heterocycles. The second kappa shape index (κ2) is 4.38. The molecule has 5 heteroatoms. The van der Waals surface area contributed by atoms with Gasteiger partial charge in [0.05, 0.1) is 0 Å². The van der Waals surface area contributed by atoms with Crippen molar-refractivity contribution in [2.45, 2.75) is 31.7 Å². The van der Waals surface area contributed by atoms with Gasteiger partial charge in [-0.05, 0) is 50.3 Å². The maximum atomic E-state index is 6.04. The number of hydrogen-bond acceptors (Lipinski definition) is 5. The number of nitrogens with two attached hydrogens (primary N) is 1. The van der Waals surface area contributed by atoms with E-state index < -0.39 is 0 Å². The summed E-state index contributed by atoms with van der Waals surface area (Å²) in [5, 5.41) is 1.34. The molecule has 3 rings (SSSR count). The predicted octanol–water partition coefficient (Wildman–Crippen LogP) is 1.99. The largest absolute Gasteiger partial charge is 0.383 e. The highest BCUT2D eigenvalue weighted by Gasteiger charge is 2.37. The first-order valence-electron chi connectivity index (χ1n) is 6.74. The van der Waals surface area contributed by atoms with Gasteiger partial charge in [0.2, 0.25) is 0 Å². The Labute approximate surface area is 113 Å². The van der Waals surface area contributed by atoms with Crippen LogP contribution in [0.2, 0.25) is 0 Å². The highest BCUT2D eigenvalue weighted by Crippen LogP contribution is 2.49. The Balaban J connectivity index is 1.84. The van der Waals surface area contributed by atoms with Crippen molar-refractivity contribution < 1.29 is 0 Å². The van der Waals surface area contributed by atoms with Crippen molar-refractivity contribution in [1.29, 1.82) is 0 Å². The summed E-state index contributed by atoms with van der Waals surface area (Å²) in [6, 6.07) is 0.639. The Bertz CT molecular complexity index is 438. The van der Waals surface area contributed by atoms with Crippen LogP contribution in [-0.4, -0.2) is 42.5 Å². The smallest absolute Gasteiger partial charge is 0.142 e. The number of hydrogen-bond donors (Lipinski definition) is 1. The minimum atomic E-state index is 0.639. The van der Waals surface area contributed by atoms with Gasteiger partial charge < -0.3 is 15.5 Å². The maximum Gasteiger partial charge on any atom is 0.142 e. The molecule has 1 saturated heterocycles. The number of aromatic nitrogens is 1. The summed E-state index contributed by atoms with van der Waals surface area (Å²) in [7, 11) is 4.35. The summed E-state index contributed by atoms with van der Waals surface area (Å²) in [4.78, 5) is 4.84. The van der Waals surface area contributed by atoms with Crippen LogP contribution in [0.15, 0.2) is 0 Å². The zero-order chi connectivity index (χ0) is 12.9. The van der Waals surface area contributed by atoms with Gasteiger partial charge in [0, 0.05) is 24.7 Å². The molecule has 2 atom stereocenters. The first-order valence-corrected chi connectivity index (χ1v) is 7.51. The van der Waals surface area contributed by atoms with Crippen LogP contribution in [0, 0.1) is 5.92 Å². The molecule has 0 spiro atoms. The van der Waals surface area contributed by atoms with Crippen molar-refractivity contribution in [1.82, 2.24) is 9.27 Å². The van der Waals surface area contributed by atoms with Crippen molar-refractivity contribution in [3.63, 3.8) is 0 Å². The molecule has 1 saturated carbocycles. The monoisotopic (exact) mass is 266 g/mol. The maximum absolute atomic E-state index is 6.04. The molecule has 1 aliphatic carbocycles. The summed E-state index contributed by atoms with van der Waals surface area (Å²) >= 11 is 1.59. The van der Waals surface area contributed by atoms with Crippen LogP contribution in [-0.2, 0) is 0 Å². The molecule has 0 aromatic carbocycles. The second-order valence-corrected chi connectivity index (χ2v) is 6.73. The quantitative estimate of drug-likeness (QED) is 0.909. The summed E-state index contributed by atoms with van der Waals surface area (Å²) in [6.45, 7) is 4.57. The third kappa shape index (κ3) is 1.99. The molecule has 2 unspecified atom stereocenters. The Morgan fingerprint density at radius 3 is 2.61 bits per heavy atom. The normalized spacial score (nSPS) is 28.3. The number of likely N-dealkylation sites (N-methyl/N-ethyl adjacent to an activating group) is 1. The molecule has 2 fully saturated rings. The van der Waals surface area contributed by atoms with Gasteiger partial charge in [-0.1, -0.05) is 6.92 Å². The average molecular weight is 266 g/mol. The van der Waals surface area contributed by atoms with E-state index in [0.29, 0.717) is 17.9 Å². The highest BCUT2D eigenvalue weighted by molar-refractivity contribution is 7.10. The van der Waals surface area contributed by atoms with E-state index in [4.69, 9.17) is 5.73 Å². The summed E-state index contributed by atoms with van der Waals surface area (Å²) in [5.74, 6) is 2.17. The van der Waals surface area contributed by atoms with E-state index in [1.54, 1.807) is 11.5 Å². The lowest BCUT2D eigenvalue weighted by molar-refractivity contribution is 0.266. The van der Waals surface area contributed by atoms with Gasteiger partial charge in [0.25, 0.3) is 0 Å². The minimum absolute atomic E-state index is 0.639. The molecule has 2 N–H and O–H groups in total. The lowest BCUT2D eigenvalue weighted by Crippen LogP contribution is -2.34. The lowest BCUT2D eigenvalue weighted by atomic mass is 10.1. The van der Waals surface area contributed by atoms with Gasteiger partial charge >= 0.3 is 0 Å². The Kier molecular flexibility index (Phi) is 2.98. The molecule has 2 aliphatic rings. The van der Waals surface area contributed by atoms with Gasteiger partial charge in [0.15, 0.2) is 0 Å². The Morgan fingerprint density at radius 1 is 1.33 bits per heavy atom. The fourth-order valence-electron chi connectivity index (χ4n) is 3.07. The van der Waals surface area contributed by atoms with E-state index in [9.17, 15) is 0 Å². The zero-order valence-corrected chi connectivity index (χ0v) is 12.2. The molecule has 18 heavy (non-hydrogen) atoms. The molecule has 1 aromatic rings. The van der Waals surface area contributed by atoms with Crippen LogP contribution in [0.3, 0.4) is 0 Å². The van der Waals surface area contributed by atoms with E-state index in [0.717, 1.165) is 18.9 Å². The van der Waals surface area contributed by atoms with Crippen molar-refractivity contribution in [3.8, 4) is 0 Å². The van der Waals surface area contributed by atoms with Crippen molar-refractivity contribution in [3.05, 3.63) is 5.56 Å². The van der Waals surface area contributed by atoms with E-state index in [1.165, 1.54) is 23.4 Å². The van der Waals surface area contributed by atoms with Gasteiger partial charge in [-0.3, -0.25) is 0 Å². The van der Waals surface area contributed by atoms with Crippen molar-refractivity contribution >= 4 is 22.4 Å². The number of nitrogens with zero attached hydrogens (tertiary/aromatic N) is 3. The minimum Gasteiger partial charge on any atom is -0.383 e. The molecule has 1 aliphatic heterocycles. The highest BCUT2D eigenvalue weighted by atomic mass is 32.1. The molecule has 100 valence electrons. The van der Waals surface area contributed by atoms with E-state index >= 15 is 0 Å². The van der Waals surface area contributed by atoms with Crippen molar-refractivity contribution in [2.75, 3.05) is 37.8 Å². The third-order valence-electron chi connectivity index (χ3n) is 4.25. The average Bonchev–Trinajstić information content (AvgIpc) is 2.96. The van der Waals surface area contributed by atoms with Gasteiger partial charge in [-0.2, -0.15) is 4.37 Å². The first-order chi connectivity index (χ1) is 8.58. The van der Waals surface area contributed by atoms with Crippen molar-refractivity contribution in [2.24, 2.45) is 5.92 Å². The summed E-state index contributed by atoms with van der Waals surface area (Å²) < 4.78 is 4.38. The van der Waals surface area contributed by atoms with Crippen LogP contribution in [0.4, 0.5) is 10.8 Å². The Morgan fingerprint density at radius 2 is 2.06 bits per heavy atom. The fraction of sp³-hybridized carbons (Fsp3) is 0.769. The fourth-order valence-corrected chi connectivity index (χ4v) is 3.99. The molecule has 4 nitrogen and oxygen atoms in total. The van der Waals surface area contributed by atoms with Gasteiger partial charge in [0.1, 0.15) is 10.8 Å². The van der Waals surface area contributed by atoms with E-state index in [2.05, 4.69) is 35.2 Å². The molecule has 0 radical (unpaired) electrons.